The summed E-state index contributed by atoms with van der Waals surface area (Å²) in [5, 5.41) is 0.482. The first kappa shape index (κ1) is 12.7. The molecule has 2 aromatic carbocycles. The summed E-state index contributed by atoms with van der Waals surface area (Å²) in [5.41, 5.74) is 2.56. The van der Waals surface area contributed by atoms with Crippen LogP contribution in [0.1, 0.15) is 17.3 Å². The summed E-state index contributed by atoms with van der Waals surface area (Å²) >= 11 is 6.09. The topological polar surface area (TPSA) is 26.3 Å². The molecule has 92 valence electrons. The first-order valence-corrected chi connectivity index (χ1v) is 5.94. The molecule has 0 aliphatic rings. The molecule has 0 aliphatic heterocycles. The van der Waals surface area contributed by atoms with Crippen molar-refractivity contribution in [2.24, 2.45) is 0 Å². The van der Waals surface area contributed by atoms with E-state index in [0.29, 0.717) is 10.6 Å². The summed E-state index contributed by atoms with van der Waals surface area (Å²) < 4.78 is 5.11. The third-order valence-corrected chi connectivity index (χ3v) is 3.08. The van der Waals surface area contributed by atoms with Gasteiger partial charge in [-0.05, 0) is 42.3 Å². The Balaban J connectivity index is 2.39. The summed E-state index contributed by atoms with van der Waals surface area (Å²) in [6.07, 6.45) is 0. The number of carbonyl (C=O) groups is 1. The summed E-state index contributed by atoms with van der Waals surface area (Å²) in [6.45, 7) is 1.51. The monoisotopic (exact) mass is 260 g/mol. The van der Waals surface area contributed by atoms with Crippen molar-refractivity contribution < 1.29 is 9.53 Å². The van der Waals surface area contributed by atoms with Gasteiger partial charge in [-0.2, -0.15) is 0 Å². The van der Waals surface area contributed by atoms with Crippen LogP contribution >= 0.6 is 11.6 Å². The van der Waals surface area contributed by atoms with E-state index in [9.17, 15) is 4.79 Å². The van der Waals surface area contributed by atoms with E-state index in [1.54, 1.807) is 19.2 Å². The highest BCUT2D eigenvalue weighted by atomic mass is 35.5. The van der Waals surface area contributed by atoms with Crippen LogP contribution in [0.5, 0.6) is 5.75 Å². The van der Waals surface area contributed by atoms with Gasteiger partial charge in [0.2, 0.25) is 0 Å². The van der Waals surface area contributed by atoms with Crippen molar-refractivity contribution in [2.45, 2.75) is 6.92 Å². The number of rotatable bonds is 3. The van der Waals surface area contributed by atoms with Crippen molar-refractivity contribution in [2.75, 3.05) is 7.11 Å². The highest BCUT2D eigenvalue weighted by molar-refractivity contribution is 6.34. The van der Waals surface area contributed by atoms with E-state index in [0.717, 1.165) is 16.9 Å². The van der Waals surface area contributed by atoms with Gasteiger partial charge in [-0.25, -0.2) is 0 Å². The van der Waals surface area contributed by atoms with Gasteiger partial charge in [-0.1, -0.05) is 29.8 Å². The Bertz CT molecular complexity index is 574. The van der Waals surface area contributed by atoms with Crippen molar-refractivity contribution in [3.05, 3.63) is 53.1 Å². The Morgan fingerprint density at radius 1 is 1.06 bits per heavy atom. The van der Waals surface area contributed by atoms with Crippen LogP contribution in [0, 0.1) is 0 Å². The van der Waals surface area contributed by atoms with Gasteiger partial charge >= 0.3 is 0 Å². The number of Topliss-reactive ketones (excluding diaryl/α,β-unsaturated/α-hetero) is 1. The van der Waals surface area contributed by atoms with Gasteiger partial charge in [0, 0.05) is 5.56 Å². The van der Waals surface area contributed by atoms with Gasteiger partial charge in [0.1, 0.15) is 5.75 Å². The highest BCUT2D eigenvalue weighted by Crippen LogP contribution is 2.27. The minimum absolute atomic E-state index is 0.0266. The number of hydrogen-bond donors (Lipinski definition) is 0. The third-order valence-electron chi connectivity index (χ3n) is 2.77. The van der Waals surface area contributed by atoms with E-state index >= 15 is 0 Å². The first-order valence-electron chi connectivity index (χ1n) is 5.56. The molecular formula is C15H13ClO2. The van der Waals surface area contributed by atoms with E-state index < -0.39 is 0 Å². The van der Waals surface area contributed by atoms with Crippen LogP contribution in [-0.4, -0.2) is 12.9 Å². The lowest BCUT2D eigenvalue weighted by molar-refractivity contribution is 0.101. The molecule has 0 radical (unpaired) electrons. The molecule has 0 N–H and O–H groups in total. The van der Waals surface area contributed by atoms with Gasteiger partial charge in [-0.15, -0.1) is 0 Å². The molecule has 18 heavy (non-hydrogen) atoms. The highest BCUT2D eigenvalue weighted by Gasteiger charge is 2.07. The van der Waals surface area contributed by atoms with Crippen LogP contribution in [0.15, 0.2) is 42.5 Å². The maximum Gasteiger partial charge on any atom is 0.161 e. The van der Waals surface area contributed by atoms with E-state index in [4.69, 9.17) is 16.3 Å². The molecule has 0 unspecified atom stereocenters. The molecule has 0 spiro atoms. The molecule has 2 rings (SSSR count). The second-order valence-electron chi connectivity index (χ2n) is 3.98. The van der Waals surface area contributed by atoms with Crippen molar-refractivity contribution in [3.63, 3.8) is 0 Å². The third kappa shape index (κ3) is 2.54. The molecule has 0 fully saturated rings. The van der Waals surface area contributed by atoms with Crippen molar-refractivity contribution in [1.29, 1.82) is 0 Å². The fraction of sp³-hybridized carbons (Fsp3) is 0.133. The number of carbonyl (C=O) groups excluding carboxylic acids is 1. The zero-order valence-corrected chi connectivity index (χ0v) is 11.0. The number of halogens is 1. The van der Waals surface area contributed by atoms with Gasteiger partial charge in [0.25, 0.3) is 0 Å². The first-order chi connectivity index (χ1) is 8.61. The Hall–Kier alpha value is -1.80. The fourth-order valence-corrected chi connectivity index (χ4v) is 2.08. The van der Waals surface area contributed by atoms with E-state index in [-0.39, 0.29) is 5.78 Å². The lowest BCUT2D eigenvalue weighted by Crippen LogP contribution is -1.93. The number of methoxy groups -OCH3 is 1. The minimum atomic E-state index is -0.0266. The predicted octanol–water partition coefficient (Wildman–Crippen LogP) is 4.22. The predicted molar refractivity (Wildman–Crippen MR) is 73.4 cm³/mol. The second-order valence-corrected chi connectivity index (χ2v) is 4.39. The Morgan fingerprint density at radius 3 is 2.17 bits per heavy atom. The van der Waals surface area contributed by atoms with Gasteiger partial charge in [-0.3, -0.25) is 4.79 Å². The molecule has 3 heteroatoms. The SMILES string of the molecule is COc1ccc(-c2ccc(C(C)=O)c(Cl)c2)cc1. The molecule has 2 aromatic rings. The average Bonchev–Trinajstić information content (AvgIpc) is 2.38. The number of ether oxygens (including phenoxy) is 1. The summed E-state index contributed by atoms with van der Waals surface area (Å²) in [7, 11) is 1.63. The minimum Gasteiger partial charge on any atom is -0.497 e. The molecule has 2 nitrogen and oxygen atoms in total. The van der Waals surface area contributed by atoms with Crippen LogP contribution in [0.4, 0.5) is 0 Å². The molecule has 0 amide bonds. The Kier molecular flexibility index (Phi) is 3.68. The molecule has 0 saturated carbocycles. The molecule has 0 aliphatic carbocycles. The molecule has 0 bridgehead atoms. The molecule has 0 atom stereocenters. The average molecular weight is 261 g/mol. The summed E-state index contributed by atoms with van der Waals surface area (Å²) in [6, 6.07) is 13.1. The number of hydrogen-bond acceptors (Lipinski definition) is 2. The Labute approximate surface area is 111 Å². The Morgan fingerprint density at radius 2 is 1.67 bits per heavy atom. The quantitative estimate of drug-likeness (QED) is 0.773. The summed E-state index contributed by atoms with van der Waals surface area (Å²) in [4.78, 5) is 11.3. The number of benzene rings is 2. The standard InChI is InChI=1S/C15H13ClO2/c1-10(17)14-8-5-12(9-15(14)16)11-3-6-13(18-2)7-4-11/h3-9H,1-2H3. The normalized spacial score (nSPS) is 10.2. The molecule has 0 heterocycles. The molecular weight excluding hydrogens is 248 g/mol. The molecule has 0 saturated heterocycles. The van der Waals surface area contributed by atoms with Crippen LogP contribution in [0.25, 0.3) is 11.1 Å². The number of ketones is 1. The van der Waals surface area contributed by atoms with Gasteiger partial charge in [0.15, 0.2) is 5.78 Å². The second kappa shape index (κ2) is 5.23. The van der Waals surface area contributed by atoms with Crippen LogP contribution in [0.3, 0.4) is 0 Å². The van der Waals surface area contributed by atoms with Crippen molar-refractivity contribution in [1.82, 2.24) is 0 Å². The summed E-state index contributed by atoms with van der Waals surface area (Å²) in [5.74, 6) is 0.784. The lowest BCUT2D eigenvalue weighted by Gasteiger charge is -2.06. The maximum absolute atomic E-state index is 11.3. The smallest absolute Gasteiger partial charge is 0.161 e. The van der Waals surface area contributed by atoms with Crippen LogP contribution < -0.4 is 4.74 Å². The lowest BCUT2D eigenvalue weighted by atomic mass is 10.0. The van der Waals surface area contributed by atoms with E-state index in [2.05, 4.69) is 0 Å². The molecule has 0 aromatic heterocycles. The van der Waals surface area contributed by atoms with Crippen LogP contribution in [0.2, 0.25) is 5.02 Å². The fourth-order valence-electron chi connectivity index (χ4n) is 1.76. The van der Waals surface area contributed by atoms with Gasteiger partial charge < -0.3 is 4.74 Å². The van der Waals surface area contributed by atoms with E-state index in [1.165, 1.54) is 6.92 Å². The van der Waals surface area contributed by atoms with E-state index in [1.807, 2.05) is 30.3 Å². The maximum atomic E-state index is 11.3. The zero-order chi connectivity index (χ0) is 13.1. The van der Waals surface area contributed by atoms with Gasteiger partial charge in [0.05, 0.1) is 12.1 Å². The van der Waals surface area contributed by atoms with Crippen molar-refractivity contribution in [3.8, 4) is 16.9 Å². The van der Waals surface area contributed by atoms with Crippen molar-refractivity contribution >= 4 is 17.4 Å². The largest absolute Gasteiger partial charge is 0.497 e. The zero-order valence-electron chi connectivity index (χ0n) is 10.2. The van der Waals surface area contributed by atoms with Crippen LogP contribution in [-0.2, 0) is 0 Å².